The highest BCUT2D eigenvalue weighted by molar-refractivity contribution is 7.92. The lowest BCUT2D eigenvalue weighted by atomic mass is 10.1. The van der Waals surface area contributed by atoms with Gasteiger partial charge in [-0.25, -0.2) is 12.8 Å². The number of amides is 2. The zero-order valence-corrected chi connectivity index (χ0v) is 22.7. The van der Waals surface area contributed by atoms with Gasteiger partial charge in [-0.3, -0.25) is 13.9 Å². The van der Waals surface area contributed by atoms with Crippen molar-refractivity contribution in [3.63, 3.8) is 0 Å². The predicted molar refractivity (Wildman–Crippen MR) is 146 cm³/mol. The molecule has 1 N–H and O–H groups in total. The molecule has 9 heteroatoms. The van der Waals surface area contributed by atoms with Crippen LogP contribution in [0.3, 0.4) is 0 Å². The van der Waals surface area contributed by atoms with Crippen molar-refractivity contribution in [2.24, 2.45) is 0 Å². The van der Waals surface area contributed by atoms with Gasteiger partial charge in [-0.1, -0.05) is 62.4 Å². The Kier molecular flexibility index (Phi) is 10.0. The molecule has 202 valence electrons. The van der Waals surface area contributed by atoms with Crippen molar-refractivity contribution >= 4 is 27.5 Å². The topological polar surface area (TPSA) is 86.8 Å². The van der Waals surface area contributed by atoms with Gasteiger partial charge in [-0.15, -0.1) is 0 Å². The lowest BCUT2D eigenvalue weighted by molar-refractivity contribution is -0.140. The molecule has 0 aliphatic rings. The number of carbonyl (C=O) groups is 2. The van der Waals surface area contributed by atoms with E-state index in [4.69, 9.17) is 0 Å². The van der Waals surface area contributed by atoms with E-state index in [1.807, 2.05) is 51.1 Å². The molecule has 0 fully saturated rings. The molecule has 3 aromatic carbocycles. The maximum Gasteiger partial charge on any atom is 0.264 e. The number of hydrogen-bond acceptors (Lipinski definition) is 4. The third kappa shape index (κ3) is 7.19. The summed E-state index contributed by atoms with van der Waals surface area (Å²) in [6, 6.07) is 21.1. The van der Waals surface area contributed by atoms with Crippen molar-refractivity contribution in [3.05, 3.63) is 96.3 Å². The Hall–Kier alpha value is -3.72. The maximum atomic E-state index is 13.9. The number of halogens is 1. The van der Waals surface area contributed by atoms with Gasteiger partial charge in [-0.05, 0) is 61.7 Å². The molecule has 0 saturated heterocycles. The van der Waals surface area contributed by atoms with Gasteiger partial charge < -0.3 is 10.2 Å². The summed E-state index contributed by atoms with van der Waals surface area (Å²) in [6.45, 7) is 5.25. The number of carbonyl (C=O) groups excluding carboxylic acids is 2. The van der Waals surface area contributed by atoms with E-state index in [1.54, 1.807) is 30.3 Å². The predicted octanol–water partition coefficient (Wildman–Crippen LogP) is 4.74. The van der Waals surface area contributed by atoms with E-state index in [0.717, 1.165) is 28.4 Å². The van der Waals surface area contributed by atoms with E-state index in [-0.39, 0.29) is 29.1 Å². The van der Waals surface area contributed by atoms with Crippen LogP contribution in [0.4, 0.5) is 10.1 Å². The second-order valence-electron chi connectivity index (χ2n) is 9.05. The molecule has 2 amide bonds. The second-order valence-corrected chi connectivity index (χ2v) is 10.9. The number of nitrogens with one attached hydrogen (secondary N) is 1. The van der Waals surface area contributed by atoms with E-state index in [0.29, 0.717) is 6.42 Å². The Bertz CT molecular complexity index is 1300. The van der Waals surface area contributed by atoms with Crippen LogP contribution in [0.5, 0.6) is 0 Å². The zero-order valence-electron chi connectivity index (χ0n) is 21.9. The number of para-hydroxylation sites is 1. The fourth-order valence-electron chi connectivity index (χ4n) is 4.00. The van der Waals surface area contributed by atoms with Crippen molar-refractivity contribution in [1.29, 1.82) is 0 Å². The number of anilines is 1. The molecule has 0 aliphatic heterocycles. The fraction of sp³-hybridized carbons (Fsp3) is 0.310. The normalized spacial score (nSPS) is 12.8. The van der Waals surface area contributed by atoms with Crippen LogP contribution in [0, 0.1) is 5.82 Å². The average Bonchev–Trinajstić information content (AvgIpc) is 2.92. The van der Waals surface area contributed by atoms with Crippen LogP contribution in [0.2, 0.25) is 0 Å². The van der Waals surface area contributed by atoms with Gasteiger partial charge in [0, 0.05) is 12.6 Å². The molecule has 38 heavy (non-hydrogen) atoms. The highest BCUT2D eigenvalue weighted by Gasteiger charge is 2.33. The maximum absolute atomic E-state index is 13.9. The van der Waals surface area contributed by atoms with Crippen LogP contribution in [0.1, 0.15) is 39.2 Å². The summed E-state index contributed by atoms with van der Waals surface area (Å²) < 4.78 is 41.9. The quantitative estimate of drug-likeness (QED) is 0.360. The number of hydrogen-bond donors (Lipinski definition) is 1. The third-order valence-electron chi connectivity index (χ3n) is 6.31. The first-order valence-electron chi connectivity index (χ1n) is 12.6. The van der Waals surface area contributed by atoms with Crippen LogP contribution in [0.25, 0.3) is 0 Å². The van der Waals surface area contributed by atoms with Crippen molar-refractivity contribution in [2.45, 2.75) is 57.1 Å². The number of rotatable bonds is 12. The van der Waals surface area contributed by atoms with Gasteiger partial charge >= 0.3 is 0 Å². The molecule has 0 spiro atoms. The average molecular weight is 540 g/mol. The van der Waals surface area contributed by atoms with Crippen LogP contribution in [0.15, 0.2) is 89.8 Å². The Morgan fingerprint density at radius 3 is 2.00 bits per heavy atom. The van der Waals surface area contributed by atoms with Crippen molar-refractivity contribution in [1.82, 2.24) is 10.2 Å². The van der Waals surface area contributed by atoms with E-state index in [9.17, 15) is 22.4 Å². The van der Waals surface area contributed by atoms with Crippen molar-refractivity contribution in [2.75, 3.05) is 10.8 Å². The minimum atomic E-state index is -4.23. The molecule has 0 aliphatic carbocycles. The molecule has 7 nitrogen and oxygen atoms in total. The van der Waals surface area contributed by atoms with Crippen molar-refractivity contribution in [3.8, 4) is 0 Å². The van der Waals surface area contributed by atoms with E-state index >= 15 is 0 Å². The monoisotopic (exact) mass is 539 g/mol. The standard InChI is InChI=1S/C29H34FN3O4S/c1-4-22(3)31-29(35)27(5-2)32(20-23-12-8-6-9-13-23)28(34)21-33(25-14-10-7-11-15-25)38(36,37)26-18-16-24(30)17-19-26/h6-19,22,27H,4-5,20-21H2,1-3H3,(H,31,35). The minimum absolute atomic E-state index is 0.0788. The summed E-state index contributed by atoms with van der Waals surface area (Å²) in [5, 5.41) is 2.95. The molecule has 2 unspecified atom stereocenters. The molecule has 0 radical (unpaired) electrons. The highest BCUT2D eigenvalue weighted by Crippen LogP contribution is 2.25. The van der Waals surface area contributed by atoms with Crippen LogP contribution >= 0.6 is 0 Å². The van der Waals surface area contributed by atoms with Gasteiger partial charge in [0.2, 0.25) is 11.8 Å². The van der Waals surface area contributed by atoms with E-state index < -0.39 is 34.3 Å². The van der Waals surface area contributed by atoms with Gasteiger partial charge in [0.25, 0.3) is 10.0 Å². The second kappa shape index (κ2) is 13.2. The lowest BCUT2D eigenvalue weighted by Gasteiger charge is -2.33. The minimum Gasteiger partial charge on any atom is -0.352 e. The molecule has 2 atom stereocenters. The van der Waals surface area contributed by atoms with Crippen LogP contribution < -0.4 is 9.62 Å². The van der Waals surface area contributed by atoms with E-state index in [2.05, 4.69) is 5.32 Å². The van der Waals surface area contributed by atoms with Gasteiger partial charge in [-0.2, -0.15) is 0 Å². The molecule has 0 bridgehead atoms. The first-order chi connectivity index (χ1) is 18.2. The molecule has 0 saturated carbocycles. The summed E-state index contributed by atoms with van der Waals surface area (Å²) >= 11 is 0. The first-order valence-corrected chi connectivity index (χ1v) is 14.1. The summed E-state index contributed by atoms with van der Waals surface area (Å²) in [7, 11) is -4.23. The largest absolute Gasteiger partial charge is 0.352 e. The Balaban J connectivity index is 2.01. The number of benzene rings is 3. The van der Waals surface area contributed by atoms with Gasteiger partial charge in [0.1, 0.15) is 18.4 Å². The highest BCUT2D eigenvalue weighted by atomic mass is 32.2. The van der Waals surface area contributed by atoms with Crippen LogP contribution in [-0.4, -0.2) is 43.8 Å². The summed E-state index contributed by atoms with van der Waals surface area (Å²) in [4.78, 5) is 28.4. The Morgan fingerprint density at radius 2 is 1.45 bits per heavy atom. The van der Waals surface area contributed by atoms with E-state index in [1.165, 1.54) is 17.0 Å². The smallest absolute Gasteiger partial charge is 0.264 e. The Labute approximate surface area is 224 Å². The molecular formula is C29H34FN3O4S. The van der Waals surface area contributed by atoms with Crippen LogP contribution in [-0.2, 0) is 26.2 Å². The molecule has 0 heterocycles. The number of sulfonamides is 1. The van der Waals surface area contributed by atoms with Crippen molar-refractivity contribution < 1.29 is 22.4 Å². The fourth-order valence-corrected chi connectivity index (χ4v) is 5.41. The first kappa shape index (κ1) is 28.8. The third-order valence-corrected chi connectivity index (χ3v) is 8.10. The molecular weight excluding hydrogens is 505 g/mol. The SMILES string of the molecule is CCC(C)NC(=O)C(CC)N(Cc1ccccc1)C(=O)CN(c1ccccc1)S(=O)(=O)c1ccc(F)cc1. The van der Waals surface area contributed by atoms with Gasteiger partial charge in [0.05, 0.1) is 10.6 Å². The molecule has 3 rings (SSSR count). The molecule has 3 aromatic rings. The zero-order chi connectivity index (χ0) is 27.7. The molecule has 0 aromatic heterocycles. The summed E-state index contributed by atoms with van der Waals surface area (Å²) in [5.74, 6) is -1.40. The lowest BCUT2D eigenvalue weighted by Crippen LogP contribution is -2.53. The summed E-state index contributed by atoms with van der Waals surface area (Å²) in [6.07, 6.45) is 1.07. The number of nitrogens with zero attached hydrogens (tertiary/aromatic N) is 2. The Morgan fingerprint density at radius 1 is 0.868 bits per heavy atom. The van der Waals surface area contributed by atoms with Gasteiger partial charge in [0.15, 0.2) is 0 Å². The summed E-state index contributed by atoms with van der Waals surface area (Å²) in [5.41, 5.74) is 1.09.